The van der Waals surface area contributed by atoms with Gasteiger partial charge >= 0.3 is 0 Å². The predicted molar refractivity (Wildman–Crippen MR) is 79.8 cm³/mol. The Kier molecular flexibility index (Phi) is 4.93. The van der Waals surface area contributed by atoms with E-state index < -0.39 is 0 Å². The average Bonchev–Trinajstić information content (AvgIpc) is 2.75. The first kappa shape index (κ1) is 14.0. The van der Waals surface area contributed by atoms with Gasteiger partial charge in [-0.3, -0.25) is 0 Å². The van der Waals surface area contributed by atoms with Crippen molar-refractivity contribution in [1.82, 2.24) is 4.98 Å². The molecule has 2 N–H and O–H groups in total. The summed E-state index contributed by atoms with van der Waals surface area (Å²) in [5, 5.41) is 0. The molecule has 2 aromatic rings. The third-order valence-corrected chi connectivity index (χ3v) is 3.89. The molecule has 0 aliphatic heterocycles. The summed E-state index contributed by atoms with van der Waals surface area (Å²) in [7, 11) is 0. The molecule has 0 radical (unpaired) electrons. The van der Waals surface area contributed by atoms with E-state index in [0.717, 1.165) is 24.3 Å². The summed E-state index contributed by atoms with van der Waals surface area (Å²) in [4.78, 5) is 5.54. The molecular formula is C15H20N2OS. The van der Waals surface area contributed by atoms with Gasteiger partial charge in [0.1, 0.15) is 5.75 Å². The topological polar surface area (TPSA) is 48.1 Å². The van der Waals surface area contributed by atoms with Gasteiger partial charge in [0.2, 0.25) is 0 Å². The van der Waals surface area contributed by atoms with Crippen LogP contribution in [0.4, 0.5) is 0 Å². The van der Waals surface area contributed by atoms with Crippen molar-refractivity contribution < 1.29 is 4.74 Å². The molecule has 1 heterocycles. The predicted octanol–water partition coefficient (Wildman–Crippen LogP) is 2.96. The van der Waals surface area contributed by atoms with Crippen LogP contribution in [0.5, 0.6) is 5.75 Å². The smallest absolute Gasteiger partial charge is 0.119 e. The highest BCUT2D eigenvalue weighted by atomic mass is 32.1. The molecule has 0 bridgehead atoms. The van der Waals surface area contributed by atoms with Crippen molar-refractivity contribution in [3.05, 3.63) is 45.9 Å². The van der Waals surface area contributed by atoms with Crippen LogP contribution in [0.1, 0.15) is 23.1 Å². The van der Waals surface area contributed by atoms with Gasteiger partial charge in [0.05, 0.1) is 17.8 Å². The van der Waals surface area contributed by atoms with Crippen molar-refractivity contribution >= 4 is 11.3 Å². The maximum Gasteiger partial charge on any atom is 0.119 e. The van der Waals surface area contributed by atoms with Crippen LogP contribution in [-0.4, -0.2) is 17.6 Å². The van der Waals surface area contributed by atoms with Crippen molar-refractivity contribution in [2.45, 2.75) is 32.7 Å². The van der Waals surface area contributed by atoms with Crippen molar-refractivity contribution in [2.75, 3.05) is 6.61 Å². The molecule has 102 valence electrons. The zero-order valence-electron chi connectivity index (χ0n) is 11.4. The van der Waals surface area contributed by atoms with E-state index in [1.165, 1.54) is 10.4 Å². The van der Waals surface area contributed by atoms with E-state index >= 15 is 0 Å². The summed E-state index contributed by atoms with van der Waals surface area (Å²) in [6.45, 7) is 4.74. The molecule has 0 aliphatic rings. The minimum atomic E-state index is 0.176. The zero-order valence-corrected chi connectivity index (χ0v) is 12.2. The second-order valence-corrected chi connectivity index (χ2v) is 5.73. The Balaban J connectivity index is 1.87. The summed E-state index contributed by atoms with van der Waals surface area (Å²) in [5.41, 5.74) is 10.0. The van der Waals surface area contributed by atoms with Gasteiger partial charge in [0, 0.05) is 17.3 Å². The minimum Gasteiger partial charge on any atom is -0.493 e. The van der Waals surface area contributed by atoms with Crippen molar-refractivity contribution in [3.63, 3.8) is 0 Å². The van der Waals surface area contributed by atoms with Crippen molar-refractivity contribution in [2.24, 2.45) is 5.73 Å². The number of hydrogen-bond acceptors (Lipinski definition) is 4. The number of hydrogen-bond donors (Lipinski definition) is 1. The lowest BCUT2D eigenvalue weighted by atomic mass is 10.1. The third kappa shape index (κ3) is 4.33. The number of thiazole rings is 1. The SMILES string of the molecule is Cc1ncsc1CCOc1cccc(CC(C)N)c1. The fraction of sp³-hybridized carbons (Fsp3) is 0.400. The van der Waals surface area contributed by atoms with Gasteiger partial charge in [0.25, 0.3) is 0 Å². The summed E-state index contributed by atoms with van der Waals surface area (Å²) < 4.78 is 5.79. The van der Waals surface area contributed by atoms with Gasteiger partial charge < -0.3 is 10.5 Å². The highest BCUT2D eigenvalue weighted by Crippen LogP contribution is 2.17. The first-order valence-corrected chi connectivity index (χ1v) is 7.39. The van der Waals surface area contributed by atoms with Gasteiger partial charge in [-0.1, -0.05) is 12.1 Å². The fourth-order valence-electron chi connectivity index (χ4n) is 1.96. The zero-order chi connectivity index (χ0) is 13.7. The second kappa shape index (κ2) is 6.68. The van der Waals surface area contributed by atoms with E-state index in [1.54, 1.807) is 11.3 Å². The Labute approximate surface area is 118 Å². The number of ether oxygens (including phenoxy) is 1. The molecule has 19 heavy (non-hydrogen) atoms. The van der Waals surface area contributed by atoms with Crippen LogP contribution in [0.2, 0.25) is 0 Å². The van der Waals surface area contributed by atoms with Crippen LogP contribution in [-0.2, 0) is 12.8 Å². The lowest BCUT2D eigenvalue weighted by Gasteiger charge is -2.09. The van der Waals surface area contributed by atoms with Crippen LogP contribution >= 0.6 is 11.3 Å². The van der Waals surface area contributed by atoms with Crippen LogP contribution in [0.25, 0.3) is 0 Å². The van der Waals surface area contributed by atoms with E-state index in [9.17, 15) is 0 Å². The van der Waals surface area contributed by atoms with E-state index in [4.69, 9.17) is 10.5 Å². The van der Waals surface area contributed by atoms with Crippen LogP contribution < -0.4 is 10.5 Å². The largest absolute Gasteiger partial charge is 0.493 e. The van der Waals surface area contributed by atoms with E-state index in [2.05, 4.69) is 17.1 Å². The minimum absolute atomic E-state index is 0.176. The van der Waals surface area contributed by atoms with Crippen molar-refractivity contribution in [3.8, 4) is 5.75 Å². The number of nitrogens with zero attached hydrogens (tertiary/aromatic N) is 1. The molecule has 0 saturated heterocycles. The Morgan fingerprint density at radius 3 is 2.95 bits per heavy atom. The fourth-order valence-corrected chi connectivity index (χ4v) is 2.72. The van der Waals surface area contributed by atoms with Gasteiger partial charge in [-0.25, -0.2) is 4.98 Å². The Hall–Kier alpha value is -1.39. The van der Waals surface area contributed by atoms with Crippen molar-refractivity contribution in [1.29, 1.82) is 0 Å². The molecule has 0 fully saturated rings. The van der Waals surface area contributed by atoms with Crippen LogP contribution in [0.3, 0.4) is 0 Å². The standard InChI is InChI=1S/C15H20N2OS/c1-11(16)8-13-4-3-5-14(9-13)18-7-6-15-12(2)17-10-19-15/h3-5,9-11H,6-8,16H2,1-2H3. The lowest BCUT2D eigenvalue weighted by Crippen LogP contribution is -2.17. The highest BCUT2D eigenvalue weighted by Gasteiger charge is 2.03. The van der Waals surface area contributed by atoms with Gasteiger partial charge in [-0.2, -0.15) is 0 Å². The molecule has 0 saturated carbocycles. The number of rotatable bonds is 6. The third-order valence-electron chi connectivity index (χ3n) is 2.90. The normalized spacial score (nSPS) is 12.4. The molecule has 3 nitrogen and oxygen atoms in total. The molecule has 0 spiro atoms. The lowest BCUT2D eigenvalue weighted by molar-refractivity contribution is 0.322. The summed E-state index contributed by atoms with van der Waals surface area (Å²) in [6, 6.07) is 8.34. The number of aryl methyl sites for hydroxylation is 1. The molecule has 1 aromatic heterocycles. The van der Waals surface area contributed by atoms with Gasteiger partial charge in [-0.15, -0.1) is 11.3 Å². The number of aromatic nitrogens is 1. The molecular weight excluding hydrogens is 256 g/mol. The molecule has 1 unspecified atom stereocenters. The Morgan fingerprint density at radius 1 is 1.42 bits per heavy atom. The molecule has 2 rings (SSSR count). The Morgan fingerprint density at radius 2 is 2.26 bits per heavy atom. The monoisotopic (exact) mass is 276 g/mol. The summed E-state index contributed by atoms with van der Waals surface area (Å²) >= 11 is 1.69. The Bertz CT molecular complexity index is 522. The van der Waals surface area contributed by atoms with E-state index in [-0.39, 0.29) is 6.04 Å². The molecule has 1 aromatic carbocycles. The summed E-state index contributed by atoms with van der Waals surface area (Å²) in [5.74, 6) is 0.917. The molecule has 0 aliphatic carbocycles. The highest BCUT2D eigenvalue weighted by molar-refractivity contribution is 7.09. The van der Waals surface area contributed by atoms with E-state index in [0.29, 0.717) is 6.61 Å². The number of nitrogens with two attached hydrogens (primary N) is 1. The first-order chi connectivity index (χ1) is 9.15. The second-order valence-electron chi connectivity index (χ2n) is 4.79. The maximum atomic E-state index is 5.81. The number of benzene rings is 1. The first-order valence-electron chi connectivity index (χ1n) is 6.51. The summed E-state index contributed by atoms with van der Waals surface area (Å²) in [6.07, 6.45) is 1.79. The van der Waals surface area contributed by atoms with Crippen LogP contribution in [0, 0.1) is 6.92 Å². The molecule has 0 amide bonds. The molecule has 1 atom stereocenters. The average molecular weight is 276 g/mol. The van der Waals surface area contributed by atoms with Crippen LogP contribution in [0.15, 0.2) is 29.8 Å². The maximum absolute atomic E-state index is 5.81. The van der Waals surface area contributed by atoms with E-state index in [1.807, 2.05) is 31.5 Å². The quantitative estimate of drug-likeness (QED) is 0.882. The van der Waals surface area contributed by atoms with Gasteiger partial charge in [0.15, 0.2) is 0 Å². The molecule has 4 heteroatoms. The van der Waals surface area contributed by atoms with Gasteiger partial charge in [-0.05, 0) is 38.0 Å².